The van der Waals surface area contributed by atoms with Crippen LogP contribution in [0, 0.1) is 0 Å². The van der Waals surface area contributed by atoms with Gasteiger partial charge in [-0.05, 0) is 50.2 Å². The maximum absolute atomic E-state index is 5.57. The summed E-state index contributed by atoms with van der Waals surface area (Å²) in [6, 6.07) is 11.7. The Hall–Kier alpha value is -3.26. The molecule has 0 spiro atoms. The summed E-state index contributed by atoms with van der Waals surface area (Å²) in [6.07, 6.45) is 1.74. The van der Waals surface area contributed by atoms with E-state index in [0.29, 0.717) is 17.2 Å². The van der Waals surface area contributed by atoms with Crippen molar-refractivity contribution in [3.63, 3.8) is 0 Å². The Morgan fingerprint density at radius 2 is 1.58 bits per heavy atom. The molecule has 0 bridgehead atoms. The molecule has 0 aliphatic rings. The molecule has 1 heterocycles. The second kappa shape index (κ2) is 10.2. The average molecular weight is 442 g/mol. The van der Waals surface area contributed by atoms with Crippen molar-refractivity contribution in [3.05, 3.63) is 52.1 Å². The summed E-state index contributed by atoms with van der Waals surface area (Å²) in [5.74, 6) is 2.46. The highest BCUT2D eigenvalue weighted by Crippen LogP contribution is 2.39. The lowest BCUT2D eigenvalue weighted by molar-refractivity contribution is 0.324. The molecule has 0 atom stereocenters. The van der Waals surface area contributed by atoms with Crippen LogP contribution in [0.1, 0.15) is 19.4 Å². The van der Waals surface area contributed by atoms with Crippen LogP contribution in [-0.4, -0.2) is 45.4 Å². The average Bonchev–Trinajstić information content (AvgIpc) is 3.18. The molecular formula is C23H27N3O4S. The number of methoxy groups -OCH3 is 4. The third-order valence-electron chi connectivity index (χ3n) is 4.49. The Morgan fingerprint density at radius 3 is 2.16 bits per heavy atom. The molecule has 164 valence electrons. The van der Waals surface area contributed by atoms with Gasteiger partial charge in [0.15, 0.2) is 11.5 Å². The van der Waals surface area contributed by atoms with E-state index in [0.717, 1.165) is 27.4 Å². The van der Waals surface area contributed by atoms with E-state index in [2.05, 4.69) is 0 Å². The Labute approximate surface area is 186 Å². The van der Waals surface area contributed by atoms with E-state index in [4.69, 9.17) is 29.0 Å². The van der Waals surface area contributed by atoms with Crippen LogP contribution in [-0.2, 0) is 0 Å². The predicted octanol–water partition coefficient (Wildman–Crippen LogP) is 4.44. The van der Waals surface area contributed by atoms with E-state index >= 15 is 0 Å². The smallest absolute Gasteiger partial charge is 0.206 e. The van der Waals surface area contributed by atoms with Gasteiger partial charge >= 0.3 is 0 Å². The van der Waals surface area contributed by atoms with Crippen molar-refractivity contribution < 1.29 is 18.9 Å². The van der Waals surface area contributed by atoms with Crippen LogP contribution in [0.5, 0.6) is 23.0 Å². The zero-order chi connectivity index (χ0) is 22.4. The molecule has 7 nitrogen and oxygen atoms in total. The fourth-order valence-electron chi connectivity index (χ4n) is 3.03. The minimum atomic E-state index is 0.138. The third kappa shape index (κ3) is 4.91. The lowest BCUT2D eigenvalue weighted by Crippen LogP contribution is -2.14. The third-order valence-corrected chi connectivity index (χ3v) is 5.32. The van der Waals surface area contributed by atoms with Gasteiger partial charge in [-0.2, -0.15) is 5.10 Å². The first-order valence-corrected chi connectivity index (χ1v) is 10.6. The maximum atomic E-state index is 5.57. The second-order valence-electron chi connectivity index (χ2n) is 6.83. The fourth-order valence-corrected chi connectivity index (χ4v) is 4.00. The minimum absolute atomic E-state index is 0.138. The first-order chi connectivity index (χ1) is 15.0. The van der Waals surface area contributed by atoms with Gasteiger partial charge in [0.05, 0.1) is 40.3 Å². The van der Waals surface area contributed by atoms with Crippen LogP contribution < -0.4 is 23.7 Å². The molecule has 1 aromatic heterocycles. The molecule has 3 aromatic rings. The lowest BCUT2D eigenvalue weighted by Gasteiger charge is -2.13. The van der Waals surface area contributed by atoms with E-state index in [9.17, 15) is 0 Å². The van der Waals surface area contributed by atoms with Crippen LogP contribution in [0.25, 0.3) is 11.3 Å². The number of hydrogen-bond acceptors (Lipinski definition) is 7. The lowest BCUT2D eigenvalue weighted by atomic mass is 10.1. The molecule has 0 saturated heterocycles. The van der Waals surface area contributed by atoms with Crippen LogP contribution >= 0.6 is 11.3 Å². The number of hydrogen-bond donors (Lipinski definition) is 0. The van der Waals surface area contributed by atoms with Crippen LogP contribution in [0.4, 0.5) is 0 Å². The van der Waals surface area contributed by atoms with Gasteiger partial charge in [-0.1, -0.05) is 0 Å². The van der Waals surface area contributed by atoms with Gasteiger partial charge in [0, 0.05) is 22.5 Å². The molecule has 2 aromatic carbocycles. The first kappa shape index (κ1) is 22.4. The number of rotatable bonds is 8. The van der Waals surface area contributed by atoms with Crippen LogP contribution in [0.3, 0.4) is 0 Å². The van der Waals surface area contributed by atoms with E-state index in [1.54, 1.807) is 46.0 Å². The van der Waals surface area contributed by atoms with E-state index < -0.39 is 0 Å². The highest BCUT2D eigenvalue weighted by Gasteiger charge is 2.15. The molecule has 8 heteroatoms. The van der Waals surface area contributed by atoms with Crippen LogP contribution in [0.2, 0.25) is 0 Å². The molecular weight excluding hydrogens is 414 g/mol. The van der Waals surface area contributed by atoms with Gasteiger partial charge in [0.25, 0.3) is 0 Å². The van der Waals surface area contributed by atoms with Gasteiger partial charge in [0.2, 0.25) is 10.6 Å². The van der Waals surface area contributed by atoms with Crippen molar-refractivity contribution in [3.8, 4) is 34.3 Å². The molecule has 0 unspecified atom stereocenters. The number of nitrogens with zero attached hydrogens (tertiary/aromatic N) is 3. The van der Waals surface area contributed by atoms with Crippen molar-refractivity contribution in [2.45, 2.75) is 19.9 Å². The van der Waals surface area contributed by atoms with E-state index in [1.165, 1.54) is 0 Å². The minimum Gasteiger partial charge on any atom is -0.497 e. The predicted molar refractivity (Wildman–Crippen MR) is 124 cm³/mol. The SMILES string of the molecule is COc1ccc(-c2csc(=NC(C)C)n2N=Cc2ccc(OC)c(OC)c2OC)cc1. The Bertz CT molecular complexity index is 1110. The van der Waals surface area contributed by atoms with Gasteiger partial charge < -0.3 is 18.9 Å². The van der Waals surface area contributed by atoms with Gasteiger partial charge in [0.1, 0.15) is 5.75 Å². The van der Waals surface area contributed by atoms with E-state index in [1.807, 2.05) is 60.3 Å². The monoisotopic (exact) mass is 441 g/mol. The van der Waals surface area contributed by atoms with Crippen molar-refractivity contribution in [1.82, 2.24) is 4.68 Å². The highest BCUT2D eigenvalue weighted by molar-refractivity contribution is 7.07. The fraction of sp³-hybridized carbons (Fsp3) is 0.304. The zero-order valence-electron chi connectivity index (χ0n) is 18.6. The maximum Gasteiger partial charge on any atom is 0.206 e. The van der Waals surface area contributed by atoms with Crippen molar-refractivity contribution in [1.29, 1.82) is 0 Å². The zero-order valence-corrected chi connectivity index (χ0v) is 19.4. The topological polar surface area (TPSA) is 66.6 Å². The Morgan fingerprint density at radius 1 is 0.871 bits per heavy atom. The summed E-state index contributed by atoms with van der Waals surface area (Å²) in [4.78, 5) is 5.52. The molecule has 0 fully saturated rings. The summed E-state index contributed by atoms with van der Waals surface area (Å²) in [6.45, 7) is 4.08. The summed E-state index contributed by atoms with van der Waals surface area (Å²) in [5.41, 5.74) is 2.71. The summed E-state index contributed by atoms with van der Waals surface area (Å²) in [7, 11) is 6.41. The van der Waals surface area contributed by atoms with Gasteiger partial charge in [-0.3, -0.25) is 4.99 Å². The summed E-state index contributed by atoms with van der Waals surface area (Å²) >= 11 is 1.54. The normalized spacial score (nSPS) is 11.9. The molecule has 0 saturated carbocycles. The first-order valence-electron chi connectivity index (χ1n) is 9.74. The van der Waals surface area contributed by atoms with Gasteiger partial charge in [-0.25, -0.2) is 4.68 Å². The summed E-state index contributed by atoms with van der Waals surface area (Å²) < 4.78 is 23.5. The Kier molecular flexibility index (Phi) is 7.36. The van der Waals surface area contributed by atoms with E-state index in [-0.39, 0.29) is 6.04 Å². The second-order valence-corrected chi connectivity index (χ2v) is 7.67. The highest BCUT2D eigenvalue weighted by atomic mass is 32.1. The number of ether oxygens (including phenoxy) is 4. The molecule has 0 amide bonds. The Balaban J connectivity index is 2.12. The number of thiazole rings is 1. The summed E-state index contributed by atoms with van der Waals surface area (Å²) in [5, 5.41) is 6.80. The standard InChI is InChI=1S/C23H27N3O4S/c1-15(2)25-23-26(19(14-31-23)16-7-10-18(27-3)11-8-16)24-13-17-9-12-20(28-4)22(30-6)21(17)29-5/h7-15H,1-6H3. The largest absolute Gasteiger partial charge is 0.497 e. The molecule has 0 aliphatic heterocycles. The van der Waals surface area contributed by atoms with Crippen molar-refractivity contribution in [2.75, 3.05) is 28.4 Å². The molecule has 31 heavy (non-hydrogen) atoms. The molecule has 0 aliphatic carbocycles. The van der Waals surface area contributed by atoms with Gasteiger partial charge in [-0.15, -0.1) is 11.3 Å². The van der Waals surface area contributed by atoms with Crippen molar-refractivity contribution >= 4 is 17.6 Å². The number of benzene rings is 2. The molecule has 0 radical (unpaired) electrons. The van der Waals surface area contributed by atoms with Crippen molar-refractivity contribution in [2.24, 2.45) is 10.1 Å². The number of aromatic nitrogens is 1. The van der Waals surface area contributed by atoms with Crippen LogP contribution in [0.15, 0.2) is 51.9 Å². The molecule has 0 N–H and O–H groups in total. The molecule has 3 rings (SSSR count). The quantitative estimate of drug-likeness (QED) is 0.485.